The third-order valence-corrected chi connectivity index (χ3v) is 7.26. The molecule has 1 N–H and O–H groups in total. The van der Waals surface area contributed by atoms with Gasteiger partial charge in [0.05, 0.1) is 11.5 Å². The minimum absolute atomic E-state index is 0.132. The van der Waals surface area contributed by atoms with Gasteiger partial charge in [-0.2, -0.15) is 0 Å². The molecule has 2 aliphatic carbocycles. The van der Waals surface area contributed by atoms with E-state index in [1.54, 1.807) is 43.3 Å². The summed E-state index contributed by atoms with van der Waals surface area (Å²) in [6.07, 6.45) is 6.22. The Hall–Kier alpha value is -2.05. The third kappa shape index (κ3) is 4.96. The van der Waals surface area contributed by atoms with Crippen molar-refractivity contribution in [3.05, 3.63) is 58.1 Å². The number of carbonyl (C=O) groups excluding carboxylic acids is 3. The number of ether oxygens (including phenoxy) is 1. The molecule has 0 radical (unpaired) electrons. The van der Waals surface area contributed by atoms with Crippen LogP contribution in [0, 0.1) is 17.3 Å². The lowest BCUT2D eigenvalue weighted by Crippen LogP contribution is -2.45. The molecule has 0 bridgehead atoms. The normalized spacial score (nSPS) is 33.3. The summed E-state index contributed by atoms with van der Waals surface area (Å²) in [7, 11) is 0. The highest BCUT2D eigenvalue weighted by atomic mass is 79.9. The number of rotatable bonds is 2. The second-order valence-corrected chi connectivity index (χ2v) is 10.6. The van der Waals surface area contributed by atoms with Crippen LogP contribution < -0.4 is 0 Å². The third-order valence-electron chi connectivity index (χ3n) is 6.73. The molecular formula is C26H31BrO5. The van der Waals surface area contributed by atoms with E-state index in [1.165, 1.54) is 0 Å². The molecule has 5 nitrogen and oxygen atoms in total. The molecule has 0 aliphatic heterocycles. The second-order valence-electron chi connectivity index (χ2n) is 9.70. The summed E-state index contributed by atoms with van der Waals surface area (Å²) in [6, 6.07) is 6.86. The van der Waals surface area contributed by atoms with Crippen LogP contribution in [0.5, 0.6) is 0 Å². The molecule has 172 valence electrons. The van der Waals surface area contributed by atoms with Gasteiger partial charge in [-0.3, -0.25) is 9.59 Å². The smallest absolute Gasteiger partial charge is 0.338 e. The number of allylic oxidation sites excluding steroid dienone is 2. The Morgan fingerprint density at radius 2 is 1.84 bits per heavy atom. The molecule has 0 heterocycles. The maximum Gasteiger partial charge on any atom is 0.338 e. The van der Waals surface area contributed by atoms with Gasteiger partial charge in [0.1, 0.15) is 17.5 Å². The Balaban J connectivity index is 1.93. The van der Waals surface area contributed by atoms with E-state index < -0.39 is 29.0 Å². The van der Waals surface area contributed by atoms with E-state index in [4.69, 9.17) is 4.74 Å². The van der Waals surface area contributed by atoms with Crippen molar-refractivity contribution in [1.82, 2.24) is 0 Å². The molecule has 0 amide bonds. The minimum Gasteiger partial charge on any atom is -0.458 e. The van der Waals surface area contributed by atoms with Gasteiger partial charge in [-0.1, -0.05) is 54.9 Å². The predicted molar refractivity (Wildman–Crippen MR) is 126 cm³/mol. The number of halogens is 1. The van der Waals surface area contributed by atoms with Crippen molar-refractivity contribution >= 4 is 33.5 Å². The first-order valence-corrected chi connectivity index (χ1v) is 11.9. The van der Waals surface area contributed by atoms with Crippen molar-refractivity contribution in [3.8, 4) is 0 Å². The SMILES string of the molecule is C/C1=C\CC(C)(C)C(=O)CC/C=C/[C@H]2[C@H](OC(=O)c3ccc(Br)cc3)[C@@H](C)C[C@]2(O)C1=O. The number of fused-ring (bicyclic) bond motifs is 1. The summed E-state index contributed by atoms with van der Waals surface area (Å²) >= 11 is 3.35. The topological polar surface area (TPSA) is 80.7 Å². The highest BCUT2D eigenvalue weighted by Crippen LogP contribution is 2.45. The number of Topliss-reactive ketones (excluding diaryl/α,β-unsaturated/α-hetero) is 2. The lowest BCUT2D eigenvalue weighted by molar-refractivity contribution is -0.137. The fourth-order valence-corrected chi connectivity index (χ4v) is 4.86. The number of hydrogen-bond acceptors (Lipinski definition) is 5. The molecule has 1 fully saturated rings. The zero-order valence-corrected chi connectivity index (χ0v) is 20.6. The van der Waals surface area contributed by atoms with Crippen molar-refractivity contribution < 1.29 is 24.2 Å². The van der Waals surface area contributed by atoms with Gasteiger partial charge in [0.25, 0.3) is 0 Å². The number of aliphatic hydroxyl groups is 1. The lowest BCUT2D eigenvalue weighted by atomic mass is 9.78. The van der Waals surface area contributed by atoms with Gasteiger partial charge in [0.2, 0.25) is 0 Å². The zero-order valence-electron chi connectivity index (χ0n) is 19.1. The summed E-state index contributed by atoms with van der Waals surface area (Å²) in [5, 5.41) is 11.6. The van der Waals surface area contributed by atoms with Crippen molar-refractivity contribution in [3.63, 3.8) is 0 Å². The quantitative estimate of drug-likeness (QED) is 0.443. The van der Waals surface area contributed by atoms with Crippen LogP contribution in [-0.2, 0) is 14.3 Å². The van der Waals surface area contributed by atoms with Crippen LogP contribution in [0.3, 0.4) is 0 Å². The van der Waals surface area contributed by atoms with Crippen molar-refractivity contribution in [2.45, 2.75) is 65.1 Å². The molecule has 6 heteroatoms. The van der Waals surface area contributed by atoms with Gasteiger partial charge in [-0.05, 0) is 61.9 Å². The van der Waals surface area contributed by atoms with Gasteiger partial charge < -0.3 is 9.84 Å². The first kappa shape index (κ1) is 24.6. The monoisotopic (exact) mass is 502 g/mol. The van der Waals surface area contributed by atoms with Crippen molar-refractivity contribution in [2.75, 3.05) is 0 Å². The summed E-state index contributed by atoms with van der Waals surface area (Å²) in [5.74, 6) is -1.63. The highest BCUT2D eigenvalue weighted by Gasteiger charge is 2.56. The Labute approximate surface area is 198 Å². The van der Waals surface area contributed by atoms with Crippen LogP contribution in [0.25, 0.3) is 0 Å². The van der Waals surface area contributed by atoms with E-state index in [0.29, 0.717) is 30.4 Å². The van der Waals surface area contributed by atoms with Gasteiger partial charge in [0.15, 0.2) is 5.78 Å². The molecule has 0 unspecified atom stereocenters. The average molecular weight is 503 g/mol. The number of carbonyl (C=O) groups is 3. The molecule has 0 aromatic heterocycles. The zero-order chi connectivity index (χ0) is 23.7. The number of ketones is 2. The van der Waals surface area contributed by atoms with Crippen molar-refractivity contribution in [2.24, 2.45) is 17.3 Å². The molecule has 2 aliphatic rings. The Bertz CT molecular complexity index is 959. The van der Waals surface area contributed by atoms with E-state index in [0.717, 1.165) is 4.47 Å². The number of esters is 1. The molecule has 0 saturated heterocycles. The van der Waals surface area contributed by atoms with E-state index in [-0.39, 0.29) is 23.9 Å². The highest BCUT2D eigenvalue weighted by molar-refractivity contribution is 9.10. The number of benzene rings is 1. The molecule has 1 saturated carbocycles. The molecule has 4 atom stereocenters. The molecule has 3 rings (SSSR count). The van der Waals surface area contributed by atoms with Crippen molar-refractivity contribution in [1.29, 1.82) is 0 Å². The van der Waals surface area contributed by atoms with Crippen LogP contribution in [0.4, 0.5) is 0 Å². The summed E-state index contributed by atoms with van der Waals surface area (Å²) < 4.78 is 6.69. The maximum absolute atomic E-state index is 13.4. The predicted octanol–water partition coefficient (Wildman–Crippen LogP) is 5.21. The Morgan fingerprint density at radius 1 is 1.19 bits per heavy atom. The number of hydrogen-bond donors (Lipinski definition) is 1. The summed E-state index contributed by atoms with van der Waals surface area (Å²) in [4.78, 5) is 38.8. The second kappa shape index (κ2) is 9.44. The lowest BCUT2D eigenvalue weighted by Gasteiger charge is -2.30. The van der Waals surface area contributed by atoms with Crippen LogP contribution in [0.15, 0.2) is 52.5 Å². The Kier molecular flexibility index (Phi) is 7.25. The fraction of sp³-hybridized carbons (Fsp3) is 0.500. The van der Waals surface area contributed by atoms with Crippen LogP contribution in [0.1, 0.15) is 63.7 Å². The first-order chi connectivity index (χ1) is 15.0. The van der Waals surface area contributed by atoms with E-state index >= 15 is 0 Å². The van der Waals surface area contributed by atoms with Gasteiger partial charge >= 0.3 is 5.97 Å². The van der Waals surface area contributed by atoms with Gasteiger partial charge in [-0.25, -0.2) is 4.79 Å². The van der Waals surface area contributed by atoms with Gasteiger partial charge in [0, 0.05) is 16.3 Å². The maximum atomic E-state index is 13.4. The largest absolute Gasteiger partial charge is 0.458 e. The van der Waals surface area contributed by atoms with Crippen LogP contribution >= 0.6 is 15.9 Å². The summed E-state index contributed by atoms with van der Waals surface area (Å²) in [5.41, 5.74) is -1.39. The van der Waals surface area contributed by atoms with Gasteiger partial charge in [-0.15, -0.1) is 0 Å². The van der Waals surface area contributed by atoms with E-state index in [1.807, 2.05) is 26.8 Å². The average Bonchev–Trinajstić information content (AvgIpc) is 2.98. The molecule has 1 aromatic carbocycles. The first-order valence-electron chi connectivity index (χ1n) is 11.1. The van der Waals surface area contributed by atoms with E-state index in [2.05, 4.69) is 15.9 Å². The molecular weight excluding hydrogens is 472 g/mol. The van der Waals surface area contributed by atoms with Crippen LogP contribution in [-0.4, -0.2) is 34.3 Å². The Morgan fingerprint density at radius 3 is 2.50 bits per heavy atom. The molecule has 0 spiro atoms. The van der Waals surface area contributed by atoms with Crippen LogP contribution in [0.2, 0.25) is 0 Å². The molecule has 1 aromatic rings. The minimum atomic E-state index is -1.66. The fourth-order valence-electron chi connectivity index (χ4n) is 4.60. The standard InChI is InChI=1S/C26H31BrO5/c1-16-13-14-25(3,4)21(28)8-6-5-7-20-22(17(2)15-26(20,31)23(16)29)32-24(30)18-9-11-19(27)12-10-18/h5,7,9-13,17,20,22,31H,6,8,14-15H2,1-4H3/b7-5+,16-13+/t17-,20-,22+,26+/m0/s1. The summed E-state index contributed by atoms with van der Waals surface area (Å²) in [6.45, 7) is 7.33. The van der Waals surface area contributed by atoms with E-state index in [9.17, 15) is 19.5 Å². The molecule has 32 heavy (non-hydrogen) atoms.